The van der Waals surface area contributed by atoms with Crippen molar-refractivity contribution >= 4 is 5.97 Å². The van der Waals surface area contributed by atoms with Crippen LogP contribution in [0.4, 0.5) is 0 Å². The Bertz CT molecular complexity index is 941. The third-order valence-electron chi connectivity index (χ3n) is 5.39. The lowest BCUT2D eigenvalue weighted by Gasteiger charge is -2.44. The van der Waals surface area contributed by atoms with Gasteiger partial charge in [0.05, 0.1) is 13.2 Å². The monoisotopic (exact) mass is 485 g/mol. The molecule has 0 aromatic heterocycles. The van der Waals surface area contributed by atoms with Crippen LogP contribution in [0.2, 0.25) is 0 Å². The lowest BCUT2D eigenvalue weighted by Crippen LogP contribution is -2.61. The number of hydrogen-bond donors (Lipinski definition) is 1. The molecule has 1 saturated heterocycles. The van der Waals surface area contributed by atoms with E-state index in [4.69, 9.17) is 29.2 Å². The van der Waals surface area contributed by atoms with Gasteiger partial charge in [-0.15, -0.1) is 0 Å². The first-order valence-electron chi connectivity index (χ1n) is 11.5. The van der Waals surface area contributed by atoms with E-state index in [1.54, 1.807) is 0 Å². The summed E-state index contributed by atoms with van der Waals surface area (Å²) in [5.41, 5.74) is 10.3. The molecule has 0 spiro atoms. The van der Waals surface area contributed by atoms with Gasteiger partial charge in [-0.1, -0.05) is 65.8 Å². The molecule has 1 fully saturated rings. The number of carbonyl (C=O) groups excluding carboxylic acids is 1. The van der Waals surface area contributed by atoms with Crippen molar-refractivity contribution in [2.24, 2.45) is 5.11 Å². The van der Waals surface area contributed by atoms with E-state index in [1.807, 2.05) is 60.7 Å². The van der Waals surface area contributed by atoms with E-state index < -0.39 is 36.7 Å². The van der Waals surface area contributed by atoms with Gasteiger partial charge < -0.3 is 28.8 Å². The number of aliphatic hydroxyl groups excluding tert-OH is 1. The summed E-state index contributed by atoms with van der Waals surface area (Å²) in [7, 11) is 0. The van der Waals surface area contributed by atoms with Crippen LogP contribution in [0.1, 0.15) is 24.5 Å². The maximum atomic E-state index is 11.4. The average Bonchev–Trinajstić information content (AvgIpc) is 2.87. The molecule has 10 heteroatoms. The first-order valence-corrected chi connectivity index (χ1v) is 11.5. The van der Waals surface area contributed by atoms with E-state index in [-0.39, 0.29) is 33.0 Å². The van der Waals surface area contributed by atoms with E-state index in [0.717, 1.165) is 11.1 Å². The van der Waals surface area contributed by atoms with Crippen LogP contribution in [0, 0.1) is 0 Å². The van der Waals surface area contributed by atoms with Crippen LogP contribution in [0.15, 0.2) is 65.8 Å². The number of benzene rings is 2. The van der Waals surface area contributed by atoms with Gasteiger partial charge in [-0.3, -0.25) is 4.79 Å². The number of ether oxygens (including phenoxy) is 5. The van der Waals surface area contributed by atoms with Crippen molar-refractivity contribution in [3.8, 4) is 0 Å². The Hall–Kier alpha value is -2.98. The zero-order chi connectivity index (χ0) is 24.9. The average molecular weight is 486 g/mol. The predicted molar refractivity (Wildman–Crippen MR) is 126 cm³/mol. The van der Waals surface area contributed by atoms with Crippen LogP contribution in [0.5, 0.6) is 0 Å². The zero-order valence-electron chi connectivity index (χ0n) is 19.6. The van der Waals surface area contributed by atoms with Crippen molar-refractivity contribution in [1.82, 2.24) is 0 Å². The molecule has 35 heavy (non-hydrogen) atoms. The van der Waals surface area contributed by atoms with Crippen molar-refractivity contribution in [1.29, 1.82) is 0 Å². The van der Waals surface area contributed by atoms with Crippen LogP contribution < -0.4 is 0 Å². The summed E-state index contributed by atoms with van der Waals surface area (Å²) in [4.78, 5) is 14.1. The minimum atomic E-state index is -1.14. The van der Waals surface area contributed by atoms with Gasteiger partial charge in [-0.2, -0.15) is 0 Å². The van der Waals surface area contributed by atoms with Crippen molar-refractivity contribution < 1.29 is 33.6 Å². The van der Waals surface area contributed by atoms with Crippen LogP contribution in [-0.4, -0.2) is 61.5 Å². The summed E-state index contributed by atoms with van der Waals surface area (Å²) in [6, 6.07) is 19.2. The minimum Gasteiger partial charge on any atom is -0.463 e. The number of azide groups is 1. The summed E-state index contributed by atoms with van der Waals surface area (Å²) >= 11 is 0. The molecule has 0 aliphatic carbocycles. The number of hydrogen-bond acceptors (Lipinski definition) is 8. The molecule has 1 N–H and O–H groups in total. The molecule has 1 aliphatic rings. The van der Waals surface area contributed by atoms with Crippen LogP contribution in [0.25, 0.3) is 10.4 Å². The van der Waals surface area contributed by atoms with Gasteiger partial charge in [0, 0.05) is 25.0 Å². The van der Waals surface area contributed by atoms with Crippen molar-refractivity contribution in [2.45, 2.75) is 57.3 Å². The van der Waals surface area contributed by atoms with Crippen molar-refractivity contribution in [2.75, 3.05) is 19.8 Å². The molecule has 0 bridgehead atoms. The summed E-state index contributed by atoms with van der Waals surface area (Å²) in [5.74, 6) is -0.489. The fourth-order valence-corrected chi connectivity index (χ4v) is 3.64. The molecule has 0 radical (unpaired) electrons. The summed E-state index contributed by atoms with van der Waals surface area (Å²) in [6.45, 7) is 2.11. The summed E-state index contributed by atoms with van der Waals surface area (Å²) < 4.78 is 29.4. The Morgan fingerprint density at radius 1 is 1.00 bits per heavy atom. The Balaban J connectivity index is 1.78. The van der Waals surface area contributed by atoms with Crippen LogP contribution >= 0.6 is 0 Å². The molecule has 2 aromatic rings. The van der Waals surface area contributed by atoms with Gasteiger partial charge in [0.15, 0.2) is 6.29 Å². The van der Waals surface area contributed by atoms with E-state index in [1.165, 1.54) is 6.92 Å². The second-order valence-electron chi connectivity index (χ2n) is 8.04. The van der Waals surface area contributed by atoms with Crippen LogP contribution in [0.3, 0.4) is 0 Å². The van der Waals surface area contributed by atoms with Gasteiger partial charge in [0.1, 0.15) is 31.0 Å². The van der Waals surface area contributed by atoms with Gasteiger partial charge in [0.2, 0.25) is 0 Å². The largest absolute Gasteiger partial charge is 0.463 e. The fourth-order valence-electron chi connectivity index (χ4n) is 3.64. The van der Waals surface area contributed by atoms with Gasteiger partial charge in [-0.05, 0) is 23.1 Å². The lowest BCUT2D eigenvalue weighted by molar-refractivity contribution is -0.320. The highest BCUT2D eigenvalue weighted by Crippen LogP contribution is 2.29. The predicted octanol–water partition coefficient (Wildman–Crippen LogP) is 3.52. The first kappa shape index (κ1) is 26.6. The van der Waals surface area contributed by atoms with E-state index in [0.29, 0.717) is 6.42 Å². The first-order chi connectivity index (χ1) is 17.1. The molecule has 3 rings (SSSR count). The van der Waals surface area contributed by atoms with Gasteiger partial charge in [0.25, 0.3) is 0 Å². The van der Waals surface area contributed by atoms with Crippen LogP contribution in [-0.2, 0) is 41.7 Å². The van der Waals surface area contributed by atoms with Crippen molar-refractivity contribution in [3.05, 3.63) is 82.2 Å². The molecule has 1 aliphatic heterocycles. The summed E-state index contributed by atoms with van der Waals surface area (Å²) in [5, 5.41) is 14.6. The molecule has 188 valence electrons. The minimum absolute atomic E-state index is 0.161. The fraction of sp³-hybridized carbons (Fsp3) is 0.480. The second kappa shape index (κ2) is 14.4. The molecule has 2 aromatic carbocycles. The van der Waals surface area contributed by atoms with E-state index in [2.05, 4.69) is 10.0 Å². The van der Waals surface area contributed by atoms with Gasteiger partial charge >= 0.3 is 5.97 Å². The highest BCUT2D eigenvalue weighted by atomic mass is 16.7. The molecule has 0 saturated carbocycles. The SMILES string of the molecule is CC(=O)OC[C@@H]1O[C@@H](OCCCN=[N+]=[N-])[C@@H](OCc2ccccc2)[C@@H](OCc2ccccc2)[C@@H]1O. The second-order valence-corrected chi connectivity index (χ2v) is 8.04. The molecule has 5 atom stereocenters. The molecular formula is C25H31N3O7. The molecule has 0 amide bonds. The normalized spacial score (nSPS) is 23.9. The smallest absolute Gasteiger partial charge is 0.302 e. The zero-order valence-corrected chi connectivity index (χ0v) is 19.6. The highest BCUT2D eigenvalue weighted by molar-refractivity contribution is 5.65. The maximum absolute atomic E-state index is 11.4. The number of rotatable bonds is 13. The molecular weight excluding hydrogens is 454 g/mol. The third kappa shape index (κ3) is 8.63. The Morgan fingerprint density at radius 3 is 2.17 bits per heavy atom. The lowest BCUT2D eigenvalue weighted by atomic mass is 9.98. The Kier molecular flexibility index (Phi) is 11.0. The summed E-state index contributed by atoms with van der Waals surface area (Å²) in [6.07, 6.45) is -4.05. The third-order valence-corrected chi connectivity index (χ3v) is 5.39. The quantitative estimate of drug-likeness (QED) is 0.151. The topological polar surface area (TPSA) is 132 Å². The standard InChI is InChI=1S/C25H31N3O7/c1-18(29)32-17-21-22(30)23(33-15-19-9-4-2-5-10-19)24(34-16-20-11-6-3-7-12-20)25(35-21)31-14-8-13-27-28-26/h2-7,9-12,21-25,30H,8,13-17H2,1H3/t21-,22+,23-,24-,25+/m0/s1. The molecule has 10 nitrogen and oxygen atoms in total. The number of carbonyl (C=O) groups is 1. The van der Waals surface area contributed by atoms with E-state index >= 15 is 0 Å². The number of aliphatic hydroxyl groups is 1. The number of nitrogens with zero attached hydrogens (tertiary/aromatic N) is 3. The number of esters is 1. The Labute approximate surface area is 204 Å². The van der Waals surface area contributed by atoms with E-state index in [9.17, 15) is 9.90 Å². The van der Waals surface area contributed by atoms with Crippen molar-refractivity contribution in [3.63, 3.8) is 0 Å². The van der Waals surface area contributed by atoms with Gasteiger partial charge in [-0.25, -0.2) is 0 Å². The molecule has 1 heterocycles. The maximum Gasteiger partial charge on any atom is 0.302 e. The molecule has 0 unspecified atom stereocenters. The Morgan fingerprint density at radius 2 is 1.60 bits per heavy atom. The highest BCUT2D eigenvalue weighted by Gasteiger charge is 2.48.